The number of phenols is 2. The van der Waals surface area contributed by atoms with E-state index in [4.69, 9.17) is 0 Å². The molecule has 0 aromatic heterocycles. The third-order valence-corrected chi connectivity index (χ3v) is 3.14. The predicted molar refractivity (Wildman–Crippen MR) is 77.7 cm³/mol. The second-order valence-corrected chi connectivity index (χ2v) is 4.92. The van der Waals surface area contributed by atoms with Crippen LogP contribution in [-0.2, 0) is 11.2 Å². The Bertz CT molecular complexity index is 640. The number of hydrogen-bond acceptors (Lipinski definition) is 3. The monoisotopic (exact) mass is 289 g/mol. The van der Waals surface area contributed by atoms with Crippen molar-refractivity contribution >= 4 is 11.6 Å². The minimum absolute atomic E-state index is 0.192. The summed E-state index contributed by atoms with van der Waals surface area (Å²) in [4.78, 5) is 12.0. The van der Waals surface area contributed by atoms with Gasteiger partial charge in [-0.2, -0.15) is 0 Å². The number of carbonyl (C=O) groups is 1. The van der Waals surface area contributed by atoms with Crippen molar-refractivity contribution in [2.45, 2.75) is 13.3 Å². The van der Waals surface area contributed by atoms with Gasteiger partial charge in [0.25, 0.3) is 0 Å². The van der Waals surface area contributed by atoms with E-state index < -0.39 is 0 Å². The number of amides is 1. The van der Waals surface area contributed by atoms with Crippen LogP contribution in [0.4, 0.5) is 10.1 Å². The van der Waals surface area contributed by atoms with Crippen molar-refractivity contribution in [3.05, 3.63) is 53.8 Å². The minimum atomic E-state index is -0.361. The maximum absolute atomic E-state index is 12.8. The molecule has 3 N–H and O–H groups in total. The molecule has 0 aliphatic rings. The number of carbonyl (C=O) groups excluding carboxylic acids is 1. The zero-order valence-corrected chi connectivity index (χ0v) is 11.5. The lowest BCUT2D eigenvalue weighted by Crippen LogP contribution is -2.22. The summed E-state index contributed by atoms with van der Waals surface area (Å²) in [6, 6.07) is 10.00. The van der Waals surface area contributed by atoms with Gasteiger partial charge in [0.05, 0.1) is 0 Å². The van der Waals surface area contributed by atoms with E-state index in [1.165, 1.54) is 36.4 Å². The molecule has 0 aliphatic heterocycles. The average molecular weight is 289 g/mol. The Balaban J connectivity index is 1.98. The van der Waals surface area contributed by atoms with Crippen molar-refractivity contribution in [3.8, 4) is 11.5 Å². The number of hydrogen-bond donors (Lipinski definition) is 3. The summed E-state index contributed by atoms with van der Waals surface area (Å²) in [5.74, 6) is -1.30. The molecule has 0 heterocycles. The van der Waals surface area contributed by atoms with Crippen molar-refractivity contribution in [2.24, 2.45) is 5.92 Å². The van der Waals surface area contributed by atoms with Crippen LogP contribution in [0.25, 0.3) is 0 Å². The van der Waals surface area contributed by atoms with E-state index in [-0.39, 0.29) is 29.1 Å². The second kappa shape index (κ2) is 6.26. The quantitative estimate of drug-likeness (QED) is 0.758. The van der Waals surface area contributed by atoms with Crippen molar-refractivity contribution in [3.63, 3.8) is 0 Å². The van der Waals surface area contributed by atoms with Crippen LogP contribution >= 0.6 is 0 Å². The molecule has 0 fully saturated rings. The van der Waals surface area contributed by atoms with E-state index in [2.05, 4.69) is 5.32 Å². The summed E-state index contributed by atoms with van der Waals surface area (Å²) >= 11 is 0. The van der Waals surface area contributed by atoms with E-state index in [0.717, 1.165) is 5.56 Å². The van der Waals surface area contributed by atoms with Crippen molar-refractivity contribution in [1.29, 1.82) is 0 Å². The van der Waals surface area contributed by atoms with Gasteiger partial charge in [-0.05, 0) is 48.4 Å². The van der Waals surface area contributed by atoms with E-state index in [9.17, 15) is 19.4 Å². The molecule has 0 bridgehead atoms. The number of phenolic OH excluding ortho intramolecular Hbond substituents is 2. The Labute approximate surface area is 121 Å². The maximum atomic E-state index is 12.8. The largest absolute Gasteiger partial charge is 0.504 e. The fourth-order valence-corrected chi connectivity index (χ4v) is 1.94. The van der Waals surface area contributed by atoms with E-state index >= 15 is 0 Å². The van der Waals surface area contributed by atoms with Gasteiger partial charge in [-0.1, -0.05) is 13.0 Å². The number of anilines is 1. The smallest absolute Gasteiger partial charge is 0.227 e. The molecule has 2 aromatic rings. The number of rotatable bonds is 4. The van der Waals surface area contributed by atoms with Crippen LogP contribution < -0.4 is 5.32 Å². The summed E-state index contributed by atoms with van der Waals surface area (Å²) in [7, 11) is 0. The van der Waals surface area contributed by atoms with Crippen molar-refractivity contribution < 1.29 is 19.4 Å². The standard InChI is InChI=1S/C16H16FNO3/c1-10(8-11-2-7-14(19)15(20)9-11)16(21)18-13-5-3-12(17)4-6-13/h2-7,9-10,19-20H,8H2,1H3,(H,18,21). The topological polar surface area (TPSA) is 69.6 Å². The van der Waals surface area contributed by atoms with Gasteiger partial charge in [0, 0.05) is 11.6 Å². The number of halogens is 1. The highest BCUT2D eigenvalue weighted by Gasteiger charge is 2.14. The zero-order chi connectivity index (χ0) is 15.4. The molecular formula is C16H16FNO3. The summed E-state index contributed by atoms with van der Waals surface area (Å²) in [6.07, 6.45) is 0.418. The van der Waals surface area contributed by atoms with Gasteiger partial charge in [0.15, 0.2) is 11.5 Å². The van der Waals surface area contributed by atoms with Crippen LogP contribution in [0, 0.1) is 11.7 Å². The molecule has 0 saturated carbocycles. The highest BCUT2D eigenvalue weighted by atomic mass is 19.1. The fraction of sp³-hybridized carbons (Fsp3) is 0.188. The molecule has 1 amide bonds. The molecule has 2 rings (SSSR count). The van der Waals surface area contributed by atoms with Gasteiger partial charge in [0.1, 0.15) is 5.82 Å². The molecule has 0 aliphatic carbocycles. The van der Waals surface area contributed by atoms with Gasteiger partial charge < -0.3 is 15.5 Å². The van der Waals surface area contributed by atoms with Crippen molar-refractivity contribution in [1.82, 2.24) is 0 Å². The Morgan fingerprint density at radius 1 is 1.14 bits per heavy atom. The highest BCUT2D eigenvalue weighted by Crippen LogP contribution is 2.26. The predicted octanol–water partition coefficient (Wildman–Crippen LogP) is 3.05. The lowest BCUT2D eigenvalue weighted by Gasteiger charge is -2.12. The van der Waals surface area contributed by atoms with E-state index in [1.807, 2.05) is 0 Å². The van der Waals surface area contributed by atoms with Crippen LogP contribution in [0.1, 0.15) is 12.5 Å². The first-order chi connectivity index (χ1) is 9.95. The molecular weight excluding hydrogens is 273 g/mol. The summed E-state index contributed by atoms with van der Waals surface area (Å²) in [5, 5.41) is 21.4. The molecule has 2 aromatic carbocycles. The molecule has 110 valence electrons. The molecule has 21 heavy (non-hydrogen) atoms. The van der Waals surface area contributed by atoms with Gasteiger partial charge in [0.2, 0.25) is 5.91 Å². The maximum Gasteiger partial charge on any atom is 0.227 e. The second-order valence-electron chi connectivity index (χ2n) is 4.92. The lowest BCUT2D eigenvalue weighted by atomic mass is 10.00. The normalized spacial score (nSPS) is 11.9. The van der Waals surface area contributed by atoms with E-state index in [1.54, 1.807) is 13.0 Å². The first-order valence-corrected chi connectivity index (χ1v) is 6.53. The lowest BCUT2D eigenvalue weighted by molar-refractivity contribution is -0.119. The molecule has 1 atom stereocenters. The molecule has 0 spiro atoms. The molecule has 4 nitrogen and oxygen atoms in total. The van der Waals surface area contributed by atoms with Crippen LogP contribution in [0.5, 0.6) is 11.5 Å². The van der Waals surface area contributed by atoms with Gasteiger partial charge in [-0.25, -0.2) is 4.39 Å². The molecule has 0 saturated heterocycles. The van der Waals surface area contributed by atoms with Crippen LogP contribution in [0.15, 0.2) is 42.5 Å². The Morgan fingerprint density at radius 2 is 1.81 bits per heavy atom. The number of aromatic hydroxyl groups is 2. The molecule has 5 heteroatoms. The Hall–Kier alpha value is -2.56. The Kier molecular flexibility index (Phi) is 4.42. The first-order valence-electron chi connectivity index (χ1n) is 6.53. The highest BCUT2D eigenvalue weighted by molar-refractivity contribution is 5.92. The number of nitrogens with one attached hydrogen (secondary N) is 1. The summed E-state index contributed by atoms with van der Waals surface area (Å²) in [5.41, 5.74) is 1.27. The summed E-state index contributed by atoms with van der Waals surface area (Å²) < 4.78 is 12.8. The van der Waals surface area contributed by atoms with Gasteiger partial charge >= 0.3 is 0 Å². The number of benzene rings is 2. The molecule has 1 unspecified atom stereocenters. The average Bonchev–Trinajstić information content (AvgIpc) is 2.45. The third-order valence-electron chi connectivity index (χ3n) is 3.14. The first kappa shape index (κ1) is 14.8. The van der Waals surface area contributed by atoms with Crippen LogP contribution in [0.3, 0.4) is 0 Å². The molecule has 0 radical (unpaired) electrons. The fourth-order valence-electron chi connectivity index (χ4n) is 1.94. The van der Waals surface area contributed by atoms with Crippen molar-refractivity contribution in [2.75, 3.05) is 5.32 Å². The van der Waals surface area contributed by atoms with E-state index in [0.29, 0.717) is 12.1 Å². The minimum Gasteiger partial charge on any atom is -0.504 e. The third kappa shape index (κ3) is 3.95. The van der Waals surface area contributed by atoms with Gasteiger partial charge in [-0.3, -0.25) is 4.79 Å². The van der Waals surface area contributed by atoms with Gasteiger partial charge in [-0.15, -0.1) is 0 Å². The Morgan fingerprint density at radius 3 is 2.43 bits per heavy atom. The zero-order valence-electron chi connectivity index (χ0n) is 11.5. The van der Waals surface area contributed by atoms with Crippen LogP contribution in [0.2, 0.25) is 0 Å². The summed E-state index contributed by atoms with van der Waals surface area (Å²) in [6.45, 7) is 1.75. The SMILES string of the molecule is CC(Cc1ccc(O)c(O)c1)C(=O)Nc1ccc(F)cc1. The van der Waals surface area contributed by atoms with Crippen LogP contribution in [-0.4, -0.2) is 16.1 Å².